The number of non-ortho nitro benzene ring substituents is 1. The van der Waals surface area contributed by atoms with E-state index >= 15 is 0 Å². The van der Waals surface area contributed by atoms with Crippen molar-refractivity contribution in [2.24, 2.45) is 0 Å². The van der Waals surface area contributed by atoms with Gasteiger partial charge in [0.15, 0.2) is 6.61 Å². The number of hydrogen-bond acceptors (Lipinski definition) is 5. The number of benzene rings is 1. The van der Waals surface area contributed by atoms with E-state index in [-0.39, 0.29) is 12.3 Å². The lowest BCUT2D eigenvalue weighted by Gasteiger charge is -2.06. The second-order valence-electron chi connectivity index (χ2n) is 3.00. The van der Waals surface area contributed by atoms with Gasteiger partial charge < -0.3 is 4.74 Å². The van der Waals surface area contributed by atoms with Crippen molar-refractivity contribution in [2.45, 2.75) is 6.92 Å². The molecule has 1 aromatic rings. The molecule has 1 rings (SSSR count). The Morgan fingerprint density at radius 2 is 2.06 bits per heavy atom. The monoisotopic (exact) mass is 240 g/mol. The van der Waals surface area contributed by atoms with Crippen molar-refractivity contribution < 1.29 is 19.3 Å². The standard InChI is InChI=1S/C10H12N2O5/c1-2-17-11-10(13)7-16-9-5-3-8(4-6-9)12(14)15/h3-6H,2,7H2,1H3,(H,11,13). The number of rotatable bonds is 6. The van der Waals surface area contributed by atoms with Crippen LogP contribution in [-0.4, -0.2) is 24.0 Å². The molecule has 1 N–H and O–H groups in total. The fraction of sp³-hybridized carbons (Fsp3) is 0.300. The maximum Gasteiger partial charge on any atom is 0.281 e. The predicted octanol–water partition coefficient (Wildman–Crippen LogP) is 1.04. The molecule has 1 amide bonds. The summed E-state index contributed by atoms with van der Waals surface area (Å²) in [6.45, 7) is 1.89. The minimum atomic E-state index is -0.508. The van der Waals surface area contributed by atoms with E-state index in [0.717, 1.165) is 0 Å². The zero-order chi connectivity index (χ0) is 12.7. The van der Waals surface area contributed by atoms with Gasteiger partial charge in [0.05, 0.1) is 11.5 Å². The molecule has 0 aliphatic heterocycles. The van der Waals surface area contributed by atoms with Crippen molar-refractivity contribution in [3.8, 4) is 5.75 Å². The molecular formula is C10H12N2O5. The second kappa shape index (κ2) is 6.44. The lowest BCUT2D eigenvalue weighted by Crippen LogP contribution is -2.28. The normalized spacial score (nSPS) is 9.71. The Kier molecular flexibility index (Phi) is 4.89. The molecule has 7 nitrogen and oxygen atoms in total. The molecule has 92 valence electrons. The summed E-state index contributed by atoms with van der Waals surface area (Å²) in [5.74, 6) is -0.0487. The van der Waals surface area contributed by atoms with Gasteiger partial charge in [-0.1, -0.05) is 0 Å². The van der Waals surface area contributed by atoms with Gasteiger partial charge in [0.25, 0.3) is 11.6 Å². The van der Waals surface area contributed by atoms with Crippen LogP contribution in [0.3, 0.4) is 0 Å². The number of carbonyl (C=O) groups is 1. The molecular weight excluding hydrogens is 228 g/mol. The molecule has 0 unspecified atom stereocenters. The van der Waals surface area contributed by atoms with Crippen molar-refractivity contribution in [2.75, 3.05) is 13.2 Å². The first-order valence-corrected chi connectivity index (χ1v) is 4.91. The molecule has 0 aliphatic rings. The molecule has 0 radical (unpaired) electrons. The van der Waals surface area contributed by atoms with E-state index in [0.29, 0.717) is 12.4 Å². The Morgan fingerprint density at radius 3 is 2.59 bits per heavy atom. The maximum absolute atomic E-state index is 11.1. The van der Waals surface area contributed by atoms with Gasteiger partial charge in [-0.25, -0.2) is 5.48 Å². The van der Waals surface area contributed by atoms with Crippen LogP contribution in [0.25, 0.3) is 0 Å². The third-order valence-corrected chi connectivity index (χ3v) is 1.75. The van der Waals surface area contributed by atoms with Gasteiger partial charge in [0.1, 0.15) is 5.75 Å². The second-order valence-corrected chi connectivity index (χ2v) is 3.00. The van der Waals surface area contributed by atoms with E-state index in [1.807, 2.05) is 0 Å². The molecule has 0 aliphatic carbocycles. The molecule has 0 saturated carbocycles. The minimum Gasteiger partial charge on any atom is -0.484 e. The summed E-state index contributed by atoms with van der Waals surface area (Å²) >= 11 is 0. The molecule has 0 bridgehead atoms. The summed E-state index contributed by atoms with van der Waals surface area (Å²) < 4.78 is 5.08. The number of ether oxygens (including phenoxy) is 1. The summed E-state index contributed by atoms with van der Waals surface area (Å²) in [6.07, 6.45) is 0. The Bertz CT molecular complexity index is 390. The van der Waals surface area contributed by atoms with Crippen molar-refractivity contribution in [1.82, 2.24) is 5.48 Å². The average molecular weight is 240 g/mol. The Balaban J connectivity index is 2.42. The summed E-state index contributed by atoms with van der Waals surface area (Å²) in [5.41, 5.74) is 2.13. The molecule has 0 heterocycles. The van der Waals surface area contributed by atoms with E-state index in [2.05, 4.69) is 10.3 Å². The summed E-state index contributed by atoms with van der Waals surface area (Å²) in [5, 5.41) is 10.4. The van der Waals surface area contributed by atoms with Gasteiger partial charge in [-0.2, -0.15) is 0 Å². The van der Waals surface area contributed by atoms with Crippen molar-refractivity contribution in [1.29, 1.82) is 0 Å². The Morgan fingerprint density at radius 1 is 1.41 bits per heavy atom. The van der Waals surface area contributed by atoms with Crippen LogP contribution in [0.5, 0.6) is 5.75 Å². The maximum atomic E-state index is 11.1. The van der Waals surface area contributed by atoms with E-state index in [1.54, 1.807) is 6.92 Å². The van der Waals surface area contributed by atoms with Crippen LogP contribution in [0.15, 0.2) is 24.3 Å². The lowest BCUT2D eigenvalue weighted by molar-refractivity contribution is -0.384. The van der Waals surface area contributed by atoms with E-state index < -0.39 is 10.8 Å². The van der Waals surface area contributed by atoms with Crippen LogP contribution in [0.1, 0.15) is 6.92 Å². The first-order chi connectivity index (χ1) is 8.13. The number of hydroxylamine groups is 1. The zero-order valence-corrected chi connectivity index (χ0v) is 9.21. The summed E-state index contributed by atoms with van der Waals surface area (Å²) in [6, 6.07) is 5.45. The molecule has 0 atom stereocenters. The van der Waals surface area contributed by atoms with Crippen LogP contribution in [0, 0.1) is 10.1 Å². The van der Waals surface area contributed by atoms with Crippen LogP contribution >= 0.6 is 0 Å². The van der Waals surface area contributed by atoms with Gasteiger partial charge in [-0.05, 0) is 19.1 Å². The largest absolute Gasteiger partial charge is 0.484 e. The summed E-state index contributed by atoms with van der Waals surface area (Å²) in [7, 11) is 0. The lowest BCUT2D eigenvalue weighted by atomic mass is 10.3. The van der Waals surface area contributed by atoms with E-state index in [4.69, 9.17) is 4.74 Å². The third-order valence-electron chi connectivity index (χ3n) is 1.75. The highest BCUT2D eigenvalue weighted by molar-refractivity contribution is 5.76. The van der Waals surface area contributed by atoms with Gasteiger partial charge in [0, 0.05) is 12.1 Å². The third kappa shape index (κ3) is 4.47. The van der Waals surface area contributed by atoms with E-state index in [9.17, 15) is 14.9 Å². The van der Waals surface area contributed by atoms with Crippen LogP contribution < -0.4 is 10.2 Å². The van der Waals surface area contributed by atoms with Crippen molar-refractivity contribution in [3.63, 3.8) is 0 Å². The van der Waals surface area contributed by atoms with Gasteiger partial charge in [-0.15, -0.1) is 0 Å². The number of carbonyl (C=O) groups excluding carboxylic acids is 1. The van der Waals surface area contributed by atoms with Crippen LogP contribution in [0.2, 0.25) is 0 Å². The first kappa shape index (κ1) is 12.9. The molecule has 1 aromatic carbocycles. The number of nitrogens with one attached hydrogen (secondary N) is 1. The number of hydrogen-bond donors (Lipinski definition) is 1. The molecule has 0 fully saturated rings. The number of nitro groups is 1. The number of nitrogens with zero attached hydrogens (tertiary/aromatic N) is 1. The molecule has 0 aromatic heterocycles. The smallest absolute Gasteiger partial charge is 0.281 e. The SMILES string of the molecule is CCONC(=O)COc1ccc([N+](=O)[O-])cc1. The quantitative estimate of drug-likeness (QED) is 0.592. The average Bonchev–Trinajstić information content (AvgIpc) is 2.34. The topological polar surface area (TPSA) is 90.7 Å². The van der Waals surface area contributed by atoms with E-state index in [1.165, 1.54) is 24.3 Å². The van der Waals surface area contributed by atoms with Gasteiger partial charge in [-0.3, -0.25) is 19.7 Å². The molecule has 7 heteroatoms. The molecule has 0 saturated heterocycles. The zero-order valence-electron chi connectivity index (χ0n) is 9.21. The Labute approximate surface area is 97.4 Å². The fourth-order valence-electron chi connectivity index (χ4n) is 0.995. The van der Waals surface area contributed by atoms with Gasteiger partial charge in [0.2, 0.25) is 0 Å². The van der Waals surface area contributed by atoms with Crippen molar-refractivity contribution in [3.05, 3.63) is 34.4 Å². The molecule has 0 spiro atoms. The predicted molar refractivity (Wildman–Crippen MR) is 58.4 cm³/mol. The summed E-state index contributed by atoms with van der Waals surface area (Å²) in [4.78, 5) is 25.6. The van der Waals surface area contributed by atoms with Crippen LogP contribution in [-0.2, 0) is 9.63 Å². The fourth-order valence-corrected chi connectivity index (χ4v) is 0.995. The first-order valence-electron chi connectivity index (χ1n) is 4.91. The van der Waals surface area contributed by atoms with Crippen molar-refractivity contribution >= 4 is 11.6 Å². The number of nitro benzene ring substituents is 1. The number of amides is 1. The minimum absolute atomic E-state index is 0.0314. The van der Waals surface area contributed by atoms with Crippen LogP contribution in [0.4, 0.5) is 5.69 Å². The molecule has 17 heavy (non-hydrogen) atoms. The Hall–Kier alpha value is -2.15. The van der Waals surface area contributed by atoms with Gasteiger partial charge >= 0.3 is 0 Å². The highest BCUT2D eigenvalue weighted by atomic mass is 16.7. The highest BCUT2D eigenvalue weighted by Gasteiger charge is 2.06. The highest BCUT2D eigenvalue weighted by Crippen LogP contribution is 2.16.